The third-order valence-electron chi connectivity index (χ3n) is 3.35. The van der Waals surface area contributed by atoms with E-state index < -0.39 is 6.61 Å². The van der Waals surface area contributed by atoms with Crippen molar-refractivity contribution < 1.29 is 18.3 Å². The standard InChI is InChI=1S/C17H17ClF2N2O2/c1-10-4-3-5-11(2)16(10)22-15(23)9-21-12-6-7-14(13(18)8-12)24-17(19)20/h3-8,17,21H,9H2,1-2H3,(H,22,23). The molecule has 0 unspecified atom stereocenters. The van der Waals surface area contributed by atoms with E-state index in [1.165, 1.54) is 18.2 Å². The first kappa shape index (κ1) is 18.0. The smallest absolute Gasteiger partial charge is 0.387 e. The zero-order valence-corrected chi connectivity index (χ0v) is 14.0. The number of carbonyl (C=O) groups excluding carboxylic acids is 1. The minimum atomic E-state index is -2.94. The van der Waals surface area contributed by atoms with Crippen molar-refractivity contribution in [2.75, 3.05) is 17.2 Å². The Kier molecular flexibility index (Phi) is 5.98. The molecule has 2 aromatic carbocycles. The summed E-state index contributed by atoms with van der Waals surface area (Å²) in [6.07, 6.45) is 0. The number of hydrogen-bond donors (Lipinski definition) is 2. The molecule has 24 heavy (non-hydrogen) atoms. The molecular formula is C17H17ClF2N2O2. The van der Waals surface area contributed by atoms with Crippen LogP contribution in [0.25, 0.3) is 0 Å². The Bertz CT molecular complexity index is 718. The van der Waals surface area contributed by atoms with Gasteiger partial charge in [0.2, 0.25) is 5.91 Å². The number of aryl methyl sites for hydroxylation is 2. The number of benzene rings is 2. The van der Waals surface area contributed by atoms with E-state index in [0.29, 0.717) is 5.69 Å². The molecule has 0 aliphatic carbocycles. The largest absolute Gasteiger partial charge is 0.433 e. The lowest BCUT2D eigenvalue weighted by Gasteiger charge is -2.13. The van der Waals surface area contributed by atoms with Gasteiger partial charge in [-0.25, -0.2) is 0 Å². The number of para-hydroxylation sites is 1. The number of hydrogen-bond acceptors (Lipinski definition) is 3. The zero-order chi connectivity index (χ0) is 17.7. The molecule has 0 saturated carbocycles. The van der Waals surface area contributed by atoms with Crippen LogP contribution < -0.4 is 15.4 Å². The summed E-state index contributed by atoms with van der Waals surface area (Å²) in [5.74, 6) is -0.339. The van der Waals surface area contributed by atoms with Gasteiger partial charge in [0.25, 0.3) is 0 Å². The van der Waals surface area contributed by atoms with E-state index in [2.05, 4.69) is 15.4 Å². The van der Waals surface area contributed by atoms with Gasteiger partial charge in [-0.1, -0.05) is 29.8 Å². The van der Waals surface area contributed by atoms with Gasteiger partial charge >= 0.3 is 6.61 Å². The molecule has 0 radical (unpaired) electrons. The van der Waals surface area contributed by atoms with Gasteiger partial charge in [0.1, 0.15) is 5.75 Å². The molecule has 0 fully saturated rings. The lowest BCUT2D eigenvalue weighted by Crippen LogP contribution is -2.22. The molecule has 2 rings (SSSR count). The predicted molar refractivity (Wildman–Crippen MR) is 91.1 cm³/mol. The van der Waals surface area contributed by atoms with Gasteiger partial charge in [-0.05, 0) is 43.2 Å². The molecule has 7 heteroatoms. The number of carbonyl (C=O) groups is 1. The maximum Gasteiger partial charge on any atom is 0.387 e. The fraction of sp³-hybridized carbons (Fsp3) is 0.235. The van der Waals surface area contributed by atoms with Crippen molar-refractivity contribution in [3.05, 3.63) is 52.5 Å². The molecule has 0 atom stereocenters. The first-order chi connectivity index (χ1) is 11.4. The molecular weight excluding hydrogens is 338 g/mol. The van der Waals surface area contributed by atoms with E-state index >= 15 is 0 Å². The highest BCUT2D eigenvalue weighted by atomic mass is 35.5. The van der Waals surface area contributed by atoms with E-state index in [9.17, 15) is 13.6 Å². The van der Waals surface area contributed by atoms with Crippen LogP contribution in [0.15, 0.2) is 36.4 Å². The maximum atomic E-state index is 12.2. The Morgan fingerprint density at radius 2 is 1.88 bits per heavy atom. The van der Waals surface area contributed by atoms with Gasteiger partial charge < -0.3 is 15.4 Å². The van der Waals surface area contributed by atoms with E-state index in [1.807, 2.05) is 32.0 Å². The monoisotopic (exact) mass is 354 g/mol. The van der Waals surface area contributed by atoms with Crippen molar-refractivity contribution in [2.24, 2.45) is 0 Å². The summed E-state index contributed by atoms with van der Waals surface area (Å²) >= 11 is 5.86. The predicted octanol–water partition coefficient (Wildman–Crippen LogP) is 4.61. The molecule has 128 valence electrons. The Morgan fingerprint density at radius 1 is 1.21 bits per heavy atom. The molecule has 0 bridgehead atoms. The van der Waals surface area contributed by atoms with Gasteiger partial charge in [-0.3, -0.25) is 4.79 Å². The van der Waals surface area contributed by atoms with Crippen LogP contribution in [0.4, 0.5) is 20.2 Å². The molecule has 1 amide bonds. The summed E-state index contributed by atoms with van der Waals surface area (Å²) in [6.45, 7) is 0.901. The van der Waals surface area contributed by atoms with Crippen molar-refractivity contribution in [2.45, 2.75) is 20.5 Å². The second kappa shape index (κ2) is 7.97. The second-order valence-electron chi connectivity index (χ2n) is 5.19. The van der Waals surface area contributed by atoms with Crippen molar-refractivity contribution >= 4 is 28.9 Å². The number of anilines is 2. The number of ether oxygens (including phenoxy) is 1. The van der Waals surface area contributed by atoms with Crippen LogP contribution in [0.3, 0.4) is 0 Å². The number of nitrogens with one attached hydrogen (secondary N) is 2. The summed E-state index contributed by atoms with van der Waals surface area (Å²) < 4.78 is 28.6. The second-order valence-corrected chi connectivity index (χ2v) is 5.60. The van der Waals surface area contributed by atoms with Crippen LogP contribution in [0.1, 0.15) is 11.1 Å². The molecule has 0 aliphatic rings. The molecule has 2 N–H and O–H groups in total. The van der Waals surface area contributed by atoms with Gasteiger partial charge in [-0.15, -0.1) is 0 Å². The van der Waals surface area contributed by atoms with Crippen LogP contribution in [0.2, 0.25) is 5.02 Å². The van der Waals surface area contributed by atoms with Crippen LogP contribution in [0.5, 0.6) is 5.75 Å². The molecule has 0 heterocycles. The minimum absolute atomic E-state index is 0.0130. The van der Waals surface area contributed by atoms with Crippen LogP contribution in [-0.4, -0.2) is 19.1 Å². The van der Waals surface area contributed by atoms with E-state index in [1.54, 1.807) is 0 Å². The van der Waals surface area contributed by atoms with E-state index in [0.717, 1.165) is 16.8 Å². The highest BCUT2D eigenvalue weighted by molar-refractivity contribution is 6.32. The Hall–Kier alpha value is -2.34. The van der Waals surface area contributed by atoms with Crippen molar-refractivity contribution in [3.63, 3.8) is 0 Å². The number of halogens is 3. The molecule has 2 aromatic rings. The van der Waals surface area contributed by atoms with Gasteiger partial charge in [0.05, 0.1) is 11.6 Å². The molecule has 0 aromatic heterocycles. The SMILES string of the molecule is Cc1cccc(C)c1NC(=O)CNc1ccc(OC(F)F)c(Cl)c1. The minimum Gasteiger partial charge on any atom is -0.433 e. The van der Waals surface area contributed by atoms with Gasteiger partial charge in [-0.2, -0.15) is 8.78 Å². The van der Waals surface area contributed by atoms with Crippen LogP contribution in [0, 0.1) is 13.8 Å². The third kappa shape index (κ3) is 4.83. The zero-order valence-electron chi connectivity index (χ0n) is 13.2. The first-order valence-corrected chi connectivity index (χ1v) is 7.59. The topological polar surface area (TPSA) is 50.4 Å². The lowest BCUT2D eigenvalue weighted by molar-refractivity contribution is -0.114. The summed E-state index contributed by atoms with van der Waals surface area (Å²) in [5, 5.41) is 5.77. The molecule has 0 spiro atoms. The quantitative estimate of drug-likeness (QED) is 0.796. The van der Waals surface area contributed by atoms with Crippen molar-refractivity contribution in [1.82, 2.24) is 0 Å². The number of amides is 1. The summed E-state index contributed by atoms with van der Waals surface area (Å²) in [6, 6.07) is 10.0. The highest BCUT2D eigenvalue weighted by Crippen LogP contribution is 2.28. The normalized spacial score (nSPS) is 10.6. The average Bonchev–Trinajstić information content (AvgIpc) is 2.51. The highest BCUT2D eigenvalue weighted by Gasteiger charge is 2.10. The maximum absolute atomic E-state index is 12.2. The lowest BCUT2D eigenvalue weighted by atomic mass is 10.1. The van der Waals surface area contributed by atoms with Crippen molar-refractivity contribution in [3.8, 4) is 5.75 Å². The Balaban J connectivity index is 1.96. The fourth-order valence-corrected chi connectivity index (χ4v) is 2.41. The number of rotatable bonds is 6. The van der Waals surface area contributed by atoms with Gasteiger partial charge in [0, 0.05) is 11.4 Å². The summed E-state index contributed by atoms with van der Waals surface area (Å²) in [7, 11) is 0. The number of alkyl halides is 2. The van der Waals surface area contributed by atoms with E-state index in [-0.39, 0.29) is 23.2 Å². The van der Waals surface area contributed by atoms with Gasteiger partial charge in [0.15, 0.2) is 0 Å². The van der Waals surface area contributed by atoms with Crippen LogP contribution in [-0.2, 0) is 4.79 Å². The van der Waals surface area contributed by atoms with Crippen LogP contribution >= 0.6 is 11.6 Å². The molecule has 4 nitrogen and oxygen atoms in total. The summed E-state index contributed by atoms with van der Waals surface area (Å²) in [5.41, 5.74) is 3.25. The molecule has 0 aliphatic heterocycles. The summed E-state index contributed by atoms with van der Waals surface area (Å²) in [4.78, 5) is 12.1. The average molecular weight is 355 g/mol. The Labute approximate surface area is 143 Å². The van der Waals surface area contributed by atoms with E-state index in [4.69, 9.17) is 11.6 Å². The van der Waals surface area contributed by atoms with Crippen molar-refractivity contribution in [1.29, 1.82) is 0 Å². The first-order valence-electron chi connectivity index (χ1n) is 7.21. The molecule has 0 saturated heterocycles. The fourth-order valence-electron chi connectivity index (χ4n) is 2.18. The third-order valence-corrected chi connectivity index (χ3v) is 3.64. The Morgan fingerprint density at radius 3 is 2.46 bits per heavy atom.